The van der Waals surface area contributed by atoms with Crippen molar-refractivity contribution in [2.45, 2.75) is 71.6 Å². The molecule has 0 N–H and O–H groups in total. The Morgan fingerprint density at radius 3 is 1.24 bits per heavy atom. The van der Waals surface area contributed by atoms with E-state index in [1.807, 2.05) is 0 Å². The third kappa shape index (κ3) is 7.99. The van der Waals surface area contributed by atoms with Gasteiger partial charge in [-0.15, -0.1) is 0 Å². The summed E-state index contributed by atoms with van der Waals surface area (Å²) in [4.78, 5) is 4.94. The molecular weight excluding hydrogens is 953 g/mol. The summed E-state index contributed by atoms with van der Waals surface area (Å²) in [7, 11) is 0. The Kier molecular flexibility index (Phi) is 11.1. The monoisotopic (exact) mass is 1020 g/mol. The summed E-state index contributed by atoms with van der Waals surface area (Å²) >= 11 is 0. The van der Waals surface area contributed by atoms with Crippen molar-refractivity contribution in [1.82, 2.24) is 0 Å². The second kappa shape index (κ2) is 18.0. The zero-order valence-corrected chi connectivity index (χ0v) is 46.5. The first-order valence-corrected chi connectivity index (χ1v) is 28.1. The molecule has 0 amide bonds. The fourth-order valence-electron chi connectivity index (χ4n) is 13.0. The minimum atomic E-state index is -0.354. The van der Waals surface area contributed by atoms with Crippen molar-refractivity contribution in [2.75, 3.05) is 9.80 Å². The van der Waals surface area contributed by atoms with Crippen LogP contribution in [0.3, 0.4) is 0 Å². The molecule has 1 aliphatic rings. The van der Waals surface area contributed by atoms with Crippen molar-refractivity contribution >= 4 is 98.8 Å². The predicted octanol–water partition coefficient (Wildman–Crippen LogP) is 22.1. The highest BCUT2D eigenvalue weighted by atomic mass is 15.1. The van der Waals surface area contributed by atoms with Gasteiger partial charge in [0.1, 0.15) is 0 Å². The number of nitrogens with zero attached hydrogens (tertiary/aromatic N) is 2. The van der Waals surface area contributed by atoms with Crippen molar-refractivity contribution in [3.8, 4) is 22.3 Å². The summed E-state index contributed by atoms with van der Waals surface area (Å²) in [5, 5.41) is 15.1. The minimum Gasteiger partial charge on any atom is -0.310 e. The fraction of sp³-hybridized carbons (Fsp3) is 0.143. The van der Waals surface area contributed by atoms with Crippen LogP contribution in [0.2, 0.25) is 0 Å². The maximum atomic E-state index is 2.50. The predicted molar refractivity (Wildman–Crippen MR) is 341 cm³/mol. The van der Waals surface area contributed by atoms with Crippen LogP contribution in [0.1, 0.15) is 77.6 Å². The second-order valence-corrected chi connectivity index (χ2v) is 24.6. The Balaban J connectivity index is 0.995. The van der Waals surface area contributed by atoms with Crippen LogP contribution in [0.5, 0.6) is 0 Å². The van der Waals surface area contributed by atoms with Gasteiger partial charge in [-0.3, -0.25) is 0 Å². The maximum absolute atomic E-state index is 2.50. The molecule has 0 saturated heterocycles. The fourth-order valence-corrected chi connectivity index (χ4v) is 13.0. The summed E-state index contributed by atoms with van der Waals surface area (Å²) in [5.74, 6) is 0. The third-order valence-corrected chi connectivity index (χ3v) is 17.3. The van der Waals surface area contributed by atoms with Gasteiger partial charge in [-0.05, 0) is 193 Å². The van der Waals surface area contributed by atoms with E-state index in [-0.39, 0.29) is 16.2 Å². The topological polar surface area (TPSA) is 6.48 Å². The number of hydrogen-bond donors (Lipinski definition) is 0. The number of anilines is 6. The summed E-state index contributed by atoms with van der Waals surface area (Å²) in [5.41, 5.74) is 16.8. The molecule has 0 bridgehead atoms. The maximum Gasteiger partial charge on any atom is 0.0468 e. The lowest BCUT2D eigenvalue weighted by molar-refractivity contribution is 0.590. The molecule has 0 aliphatic heterocycles. The standard InChI is InChI=1S/C77H64N2/c1-75(2,3)54-31-37-56(38-32-54)78(58-35-29-51-27-25-49-17-12-14-21-62(49)67(51)45-58)60-41-43-65-69(47-60)64-23-16-24-70-73(64)74(72(65)53-19-10-9-11-20-53)66-44-42-61(48-71(66)77(70,7)8)79(57-39-33-55(34-40-57)76(4,5)6)59-36-30-52-28-26-50-18-13-15-22-63(50)68(52)46-59/h9-48H,1-8H3. The van der Waals surface area contributed by atoms with Gasteiger partial charge in [-0.25, -0.2) is 0 Å². The van der Waals surface area contributed by atoms with E-state index < -0.39 is 0 Å². The Morgan fingerprint density at radius 1 is 0.291 bits per heavy atom. The molecule has 0 radical (unpaired) electrons. The van der Waals surface area contributed by atoms with Crippen LogP contribution in [-0.2, 0) is 16.2 Å². The van der Waals surface area contributed by atoms with Crippen LogP contribution in [0.4, 0.5) is 34.1 Å². The third-order valence-electron chi connectivity index (χ3n) is 17.3. The lowest BCUT2D eigenvalue weighted by atomic mass is 9.66. The van der Waals surface area contributed by atoms with E-state index in [1.165, 1.54) is 109 Å². The molecule has 1 aliphatic carbocycles. The molecule has 0 heterocycles. The Bertz CT molecular complexity index is 4570. The summed E-state index contributed by atoms with van der Waals surface area (Å²) in [6, 6.07) is 91.7. The first-order valence-electron chi connectivity index (χ1n) is 28.1. The Labute approximate surface area is 464 Å². The molecule has 0 spiro atoms. The van der Waals surface area contributed by atoms with Crippen LogP contribution >= 0.6 is 0 Å². The largest absolute Gasteiger partial charge is 0.310 e. The zero-order valence-electron chi connectivity index (χ0n) is 46.5. The number of fused-ring (bicyclic) bond motifs is 10. The van der Waals surface area contributed by atoms with Crippen LogP contribution in [0, 0.1) is 0 Å². The van der Waals surface area contributed by atoms with E-state index in [1.54, 1.807) is 0 Å². The van der Waals surface area contributed by atoms with Gasteiger partial charge >= 0.3 is 0 Å². The van der Waals surface area contributed by atoms with Gasteiger partial charge in [0.25, 0.3) is 0 Å². The van der Waals surface area contributed by atoms with Gasteiger partial charge in [0.2, 0.25) is 0 Å². The van der Waals surface area contributed by atoms with Crippen LogP contribution in [0.15, 0.2) is 243 Å². The lowest BCUT2D eigenvalue weighted by Crippen LogP contribution is -2.25. The average Bonchev–Trinajstić information content (AvgIpc) is 3.61. The molecule has 79 heavy (non-hydrogen) atoms. The number of hydrogen-bond acceptors (Lipinski definition) is 2. The number of rotatable bonds is 7. The molecule has 0 saturated carbocycles. The highest BCUT2D eigenvalue weighted by molar-refractivity contribution is 6.24. The summed E-state index contributed by atoms with van der Waals surface area (Å²) in [6.45, 7) is 18.6. The first-order chi connectivity index (χ1) is 38.2. The minimum absolute atomic E-state index is 0.0278. The van der Waals surface area contributed by atoms with Crippen molar-refractivity contribution in [3.63, 3.8) is 0 Å². The van der Waals surface area contributed by atoms with Gasteiger partial charge in [0, 0.05) is 39.5 Å². The number of benzene rings is 13. The van der Waals surface area contributed by atoms with Crippen molar-refractivity contribution in [1.29, 1.82) is 0 Å². The lowest BCUT2D eigenvalue weighted by Gasteiger charge is -2.38. The van der Waals surface area contributed by atoms with Gasteiger partial charge < -0.3 is 9.80 Å². The Morgan fingerprint density at radius 2 is 0.709 bits per heavy atom. The zero-order chi connectivity index (χ0) is 54.0. The molecule has 0 aromatic heterocycles. The molecule has 14 rings (SSSR count). The summed E-state index contributed by atoms with van der Waals surface area (Å²) in [6.07, 6.45) is 0. The summed E-state index contributed by atoms with van der Waals surface area (Å²) < 4.78 is 0. The van der Waals surface area contributed by atoms with Crippen LogP contribution < -0.4 is 9.80 Å². The average molecular weight is 1020 g/mol. The molecule has 0 unspecified atom stereocenters. The normalized spacial score (nSPS) is 13.2. The van der Waals surface area contributed by atoms with Gasteiger partial charge in [-0.1, -0.05) is 225 Å². The van der Waals surface area contributed by atoms with Gasteiger partial charge in [-0.2, -0.15) is 0 Å². The van der Waals surface area contributed by atoms with Crippen LogP contribution in [-0.4, -0.2) is 0 Å². The van der Waals surface area contributed by atoms with Crippen molar-refractivity contribution in [2.24, 2.45) is 0 Å². The van der Waals surface area contributed by atoms with Gasteiger partial charge in [0.05, 0.1) is 0 Å². The highest BCUT2D eigenvalue weighted by Crippen LogP contribution is 2.56. The molecule has 2 heteroatoms. The first kappa shape index (κ1) is 48.4. The molecule has 13 aromatic rings. The quantitative estimate of drug-likeness (QED) is 0.147. The van der Waals surface area contributed by atoms with E-state index in [2.05, 4.69) is 308 Å². The van der Waals surface area contributed by atoms with E-state index in [4.69, 9.17) is 0 Å². The van der Waals surface area contributed by atoms with Crippen molar-refractivity contribution < 1.29 is 0 Å². The molecule has 0 fully saturated rings. The molecule has 0 atom stereocenters. The van der Waals surface area contributed by atoms with Crippen LogP contribution in [0.25, 0.3) is 86.9 Å². The van der Waals surface area contributed by atoms with Gasteiger partial charge in [0.15, 0.2) is 0 Å². The Hall–Kier alpha value is -8.98. The van der Waals surface area contributed by atoms with E-state index in [0.29, 0.717) is 0 Å². The highest BCUT2D eigenvalue weighted by Gasteiger charge is 2.37. The van der Waals surface area contributed by atoms with E-state index in [9.17, 15) is 0 Å². The molecule has 2 nitrogen and oxygen atoms in total. The molecular formula is C77H64N2. The second-order valence-electron chi connectivity index (χ2n) is 24.6. The smallest absolute Gasteiger partial charge is 0.0468 e. The molecule has 382 valence electrons. The van der Waals surface area contributed by atoms with E-state index >= 15 is 0 Å². The molecule has 13 aromatic carbocycles. The van der Waals surface area contributed by atoms with E-state index in [0.717, 1.165) is 34.1 Å². The van der Waals surface area contributed by atoms with Crippen molar-refractivity contribution in [3.05, 3.63) is 265 Å². The SMILES string of the molecule is CC(C)(C)c1ccc(N(c2ccc3c(c2)C(C)(C)c2cccc4c2c-3c(-c2ccccc2)c2ccc(N(c3ccc(C(C)(C)C)cc3)c3ccc5ccc6ccccc6c5c3)cc24)c2ccc3ccc4ccccc4c3c2)cc1.